The van der Waals surface area contributed by atoms with Gasteiger partial charge in [0.15, 0.2) is 0 Å². The van der Waals surface area contributed by atoms with Crippen molar-refractivity contribution in [3.63, 3.8) is 0 Å². The minimum Gasteiger partial charge on any atom is -0.381 e. The van der Waals surface area contributed by atoms with Crippen LogP contribution in [-0.4, -0.2) is 26.3 Å². The van der Waals surface area contributed by atoms with E-state index in [4.69, 9.17) is 4.74 Å². The van der Waals surface area contributed by atoms with Gasteiger partial charge < -0.3 is 10.1 Å². The van der Waals surface area contributed by atoms with Gasteiger partial charge in [-0.15, -0.1) is 0 Å². The van der Waals surface area contributed by atoms with Gasteiger partial charge in [0.05, 0.1) is 6.61 Å². The Morgan fingerprint density at radius 2 is 2.45 bits per heavy atom. The number of ether oxygens (including phenoxy) is 1. The van der Waals surface area contributed by atoms with Gasteiger partial charge in [-0.1, -0.05) is 13.3 Å². The Morgan fingerprint density at radius 1 is 1.64 bits per heavy atom. The Bertz CT molecular complexity index is 99.7. The average Bonchev–Trinajstić information content (AvgIpc) is 2.52. The zero-order valence-corrected chi connectivity index (χ0v) is 7.60. The van der Waals surface area contributed by atoms with Crippen LogP contribution in [0.3, 0.4) is 0 Å². The zero-order valence-electron chi connectivity index (χ0n) is 7.60. The molecular formula is C9H19NO. The number of nitrogens with one attached hydrogen (secondary N) is 1. The number of hydrogen-bond acceptors (Lipinski definition) is 2. The molecule has 1 saturated heterocycles. The molecule has 1 fully saturated rings. The van der Waals surface area contributed by atoms with Gasteiger partial charge in [0, 0.05) is 12.6 Å². The summed E-state index contributed by atoms with van der Waals surface area (Å²) in [6, 6.07) is 0.683. The van der Waals surface area contributed by atoms with E-state index in [9.17, 15) is 0 Å². The van der Waals surface area contributed by atoms with Crippen LogP contribution in [0.15, 0.2) is 0 Å². The molecule has 66 valence electrons. The largest absolute Gasteiger partial charge is 0.381 e. The molecule has 2 atom stereocenters. The van der Waals surface area contributed by atoms with Crippen LogP contribution in [0.5, 0.6) is 0 Å². The number of rotatable bonds is 4. The van der Waals surface area contributed by atoms with Gasteiger partial charge in [0.25, 0.3) is 0 Å². The molecule has 2 nitrogen and oxygen atoms in total. The summed E-state index contributed by atoms with van der Waals surface area (Å²) in [5.41, 5.74) is 0. The molecule has 0 bridgehead atoms. The molecule has 0 radical (unpaired) electrons. The maximum absolute atomic E-state index is 5.35. The summed E-state index contributed by atoms with van der Waals surface area (Å²) in [7, 11) is 2.05. The Kier molecular flexibility index (Phi) is 3.87. The summed E-state index contributed by atoms with van der Waals surface area (Å²) in [6.45, 7) is 4.16. The van der Waals surface area contributed by atoms with Crippen molar-refractivity contribution >= 4 is 0 Å². The highest BCUT2D eigenvalue weighted by atomic mass is 16.5. The van der Waals surface area contributed by atoms with Crippen molar-refractivity contribution in [3.8, 4) is 0 Å². The van der Waals surface area contributed by atoms with E-state index in [1.54, 1.807) is 0 Å². The molecular weight excluding hydrogens is 138 g/mol. The van der Waals surface area contributed by atoms with Crippen molar-refractivity contribution < 1.29 is 4.74 Å². The molecule has 2 heteroatoms. The van der Waals surface area contributed by atoms with Gasteiger partial charge in [-0.2, -0.15) is 0 Å². The molecule has 11 heavy (non-hydrogen) atoms. The van der Waals surface area contributed by atoms with Gasteiger partial charge in [-0.05, 0) is 25.8 Å². The monoisotopic (exact) mass is 157 g/mol. The second-order valence-electron chi connectivity index (χ2n) is 3.31. The van der Waals surface area contributed by atoms with E-state index in [-0.39, 0.29) is 0 Å². The molecule has 1 N–H and O–H groups in total. The van der Waals surface area contributed by atoms with Crippen molar-refractivity contribution in [1.29, 1.82) is 0 Å². The predicted molar refractivity (Wildman–Crippen MR) is 46.7 cm³/mol. The number of hydrogen-bond donors (Lipinski definition) is 1. The van der Waals surface area contributed by atoms with Crippen molar-refractivity contribution in [3.05, 3.63) is 0 Å². The molecule has 0 aliphatic carbocycles. The first-order chi connectivity index (χ1) is 5.38. The summed E-state index contributed by atoms with van der Waals surface area (Å²) in [5, 5.41) is 3.36. The lowest BCUT2D eigenvalue weighted by atomic mass is 9.95. The maximum Gasteiger partial charge on any atom is 0.0509 e. The Morgan fingerprint density at radius 3 is 2.91 bits per heavy atom. The molecule has 1 heterocycles. The summed E-state index contributed by atoms with van der Waals surface area (Å²) in [4.78, 5) is 0. The zero-order chi connectivity index (χ0) is 8.10. The molecule has 0 aromatic heterocycles. The highest BCUT2D eigenvalue weighted by Crippen LogP contribution is 2.19. The summed E-state index contributed by atoms with van der Waals surface area (Å²) >= 11 is 0. The highest BCUT2D eigenvalue weighted by Gasteiger charge is 2.23. The lowest BCUT2D eigenvalue weighted by Gasteiger charge is -2.20. The van der Waals surface area contributed by atoms with Crippen LogP contribution in [-0.2, 0) is 4.74 Å². The fourth-order valence-electron chi connectivity index (χ4n) is 1.80. The first kappa shape index (κ1) is 9.01. The van der Waals surface area contributed by atoms with E-state index in [1.165, 1.54) is 19.3 Å². The minimum absolute atomic E-state index is 0.683. The van der Waals surface area contributed by atoms with E-state index < -0.39 is 0 Å². The standard InChI is InChI=1S/C9H19NO/c1-3-4-9(10-2)8-5-6-11-7-8/h8-10H,3-7H2,1-2H3. The summed E-state index contributed by atoms with van der Waals surface area (Å²) in [6.07, 6.45) is 3.79. The molecule has 0 amide bonds. The van der Waals surface area contributed by atoms with Crippen molar-refractivity contribution in [1.82, 2.24) is 5.32 Å². The van der Waals surface area contributed by atoms with Gasteiger partial charge in [-0.3, -0.25) is 0 Å². The quantitative estimate of drug-likeness (QED) is 0.666. The molecule has 1 aliphatic heterocycles. The topological polar surface area (TPSA) is 21.3 Å². The van der Waals surface area contributed by atoms with Gasteiger partial charge in [0.1, 0.15) is 0 Å². The average molecular weight is 157 g/mol. The Balaban J connectivity index is 2.27. The smallest absolute Gasteiger partial charge is 0.0509 e. The lowest BCUT2D eigenvalue weighted by Crippen LogP contribution is -2.33. The molecule has 0 saturated carbocycles. The molecule has 0 aromatic rings. The SMILES string of the molecule is CCCC(NC)C1CCOC1. The van der Waals surface area contributed by atoms with E-state index in [0.29, 0.717) is 6.04 Å². The molecule has 0 spiro atoms. The third kappa shape index (κ3) is 2.46. The first-order valence-electron chi connectivity index (χ1n) is 4.63. The van der Waals surface area contributed by atoms with Gasteiger partial charge in [0.2, 0.25) is 0 Å². The van der Waals surface area contributed by atoms with Crippen LogP contribution in [0, 0.1) is 5.92 Å². The van der Waals surface area contributed by atoms with E-state index in [0.717, 1.165) is 19.1 Å². The van der Waals surface area contributed by atoms with E-state index >= 15 is 0 Å². The molecule has 0 aromatic carbocycles. The third-order valence-electron chi connectivity index (χ3n) is 2.50. The summed E-state index contributed by atoms with van der Waals surface area (Å²) in [5.74, 6) is 0.764. The Hall–Kier alpha value is -0.0800. The molecule has 2 unspecified atom stereocenters. The Labute approximate surface area is 69.3 Å². The molecule has 1 rings (SSSR count). The van der Waals surface area contributed by atoms with Crippen molar-refractivity contribution in [2.24, 2.45) is 5.92 Å². The lowest BCUT2D eigenvalue weighted by molar-refractivity contribution is 0.176. The van der Waals surface area contributed by atoms with Gasteiger partial charge >= 0.3 is 0 Å². The van der Waals surface area contributed by atoms with Crippen LogP contribution in [0.4, 0.5) is 0 Å². The van der Waals surface area contributed by atoms with Crippen LogP contribution in [0.2, 0.25) is 0 Å². The maximum atomic E-state index is 5.35. The fraction of sp³-hybridized carbons (Fsp3) is 1.00. The predicted octanol–water partition coefficient (Wildman–Crippen LogP) is 1.41. The first-order valence-corrected chi connectivity index (χ1v) is 4.63. The molecule has 1 aliphatic rings. The summed E-state index contributed by atoms with van der Waals surface area (Å²) < 4.78 is 5.35. The second-order valence-corrected chi connectivity index (χ2v) is 3.31. The van der Waals surface area contributed by atoms with Crippen LogP contribution < -0.4 is 5.32 Å². The normalized spacial score (nSPS) is 27.3. The van der Waals surface area contributed by atoms with Crippen molar-refractivity contribution in [2.75, 3.05) is 20.3 Å². The van der Waals surface area contributed by atoms with Gasteiger partial charge in [-0.25, -0.2) is 0 Å². The van der Waals surface area contributed by atoms with Crippen molar-refractivity contribution in [2.45, 2.75) is 32.2 Å². The minimum atomic E-state index is 0.683. The van der Waals surface area contributed by atoms with Crippen LogP contribution in [0.25, 0.3) is 0 Å². The fourth-order valence-corrected chi connectivity index (χ4v) is 1.80. The highest BCUT2D eigenvalue weighted by molar-refractivity contribution is 4.77. The third-order valence-corrected chi connectivity index (χ3v) is 2.50. The second kappa shape index (κ2) is 4.73. The van der Waals surface area contributed by atoms with E-state index in [2.05, 4.69) is 19.3 Å². The van der Waals surface area contributed by atoms with Crippen LogP contribution in [0.1, 0.15) is 26.2 Å². The van der Waals surface area contributed by atoms with Crippen LogP contribution >= 0.6 is 0 Å². The van der Waals surface area contributed by atoms with E-state index in [1.807, 2.05) is 0 Å².